The largest absolute Gasteiger partial charge is 0.573 e. The molecule has 1 saturated carbocycles. The van der Waals surface area contributed by atoms with Crippen molar-refractivity contribution < 1.29 is 23.0 Å². The molecule has 0 unspecified atom stereocenters. The van der Waals surface area contributed by atoms with Crippen molar-refractivity contribution in [2.45, 2.75) is 31.3 Å². The zero-order chi connectivity index (χ0) is 12.5. The average molecular weight is 247 g/mol. The summed E-state index contributed by atoms with van der Waals surface area (Å²) in [6.45, 7) is 0. The van der Waals surface area contributed by atoms with E-state index in [4.69, 9.17) is 0 Å². The highest BCUT2D eigenvalue weighted by molar-refractivity contribution is 5.57. The Morgan fingerprint density at radius 2 is 1.94 bits per heavy atom. The zero-order valence-corrected chi connectivity index (χ0v) is 8.87. The predicted molar refractivity (Wildman–Crippen MR) is 55.8 cm³/mol. The average Bonchev–Trinajstić information content (AvgIpc) is 2.23. The lowest BCUT2D eigenvalue weighted by Crippen LogP contribution is -2.42. The molecule has 0 aromatic heterocycles. The quantitative estimate of drug-likeness (QED) is 0.862. The Kier molecular flexibility index (Phi) is 3.15. The van der Waals surface area contributed by atoms with Crippen LogP contribution in [0.4, 0.5) is 18.9 Å². The van der Waals surface area contributed by atoms with Crippen LogP contribution in [0.1, 0.15) is 12.8 Å². The third-order valence-electron chi connectivity index (χ3n) is 2.69. The van der Waals surface area contributed by atoms with Crippen LogP contribution in [0, 0.1) is 0 Å². The highest BCUT2D eigenvalue weighted by Crippen LogP contribution is 2.33. The lowest BCUT2D eigenvalue weighted by molar-refractivity contribution is -0.274. The Labute approximate surface area is 96.2 Å². The first-order valence-electron chi connectivity index (χ1n) is 5.25. The van der Waals surface area contributed by atoms with Crippen molar-refractivity contribution >= 4 is 5.69 Å². The minimum Gasteiger partial charge on any atom is -0.404 e. The van der Waals surface area contributed by atoms with E-state index < -0.39 is 12.5 Å². The molecule has 1 aromatic carbocycles. The smallest absolute Gasteiger partial charge is 0.404 e. The summed E-state index contributed by atoms with van der Waals surface area (Å²) < 4.78 is 40.3. The number of hydrogen-bond acceptors (Lipinski definition) is 3. The molecule has 1 aromatic rings. The highest BCUT2D eigenvalue weighted by Gasteiger charge is 2.33. The molecule has 17 heavy (non-hydrogen) atoms. The number of alkyl halides is 3. The molecule has 0 radical (unpaired) electrons. The van der Waals surface area contributed by atoms with Gasteiger partial charge in [0.1, 0.15) is 0 Å². The molecule has 1 aliphatic rings. The Hall–Kier alpha value is -1.43. The zero-order valence-electron chi connectivity index (χ0n) is 8.87. The predicted octanol–water partition coefficient (Wildman–Crippen LogP) is 2.52. The van der Waals surface area contributed by atoms with Gasteiger partial charge in [-0.15, -0.1) is 13.2 Å². The van der Waals surface area contributed by atoms with E-state index in [1.807, 2.05) is 0 Å². The van der Waals surface area contributed by atoms with Crippen LogP contribution >= 0.6 is 0 Å². The van der Waals surface area contributed by atoms with E-state index in [-0.39, 0.29) is 17.5 Å². The van der Waals surface area contributed by atoms with Gasteiger partial charge in [-0.05, 0) is 25.0 Å². The monoisotopic (exact) mass is 247 g/mol. The van der Waals surface area contributed by atoms with E-state index in [0.29, 0.717) is 6.42 Å². The van der Waals surface area contributed by atoms with Crippen molar-refractivity contribution in [1.29, 1.82) is 0 Å². The fraction of sp³-hybridized carbons (Fsp3) is 0.455. The minimum absolute atomic E-state index is 0.201. The lowest BCUT2D eigenvalue weighted by atomic mass is 9.89. The molecule has 0 aliphatic heterocycles. The standard InChI is InChI=1S/C11H12F3NO2/c12-11(13,14)17-10-4-2-1-3-8(10)15-7-5-6-9(7)16/h1-4,7,9,15-16H,5-6H2/t7-,9-/m0/s1. The number of aliphatic hydroxyl groups excluding tert-OH is 1. The molecule has 2 N–H and O–H groups in total. The van der Waals surface area contributed by atoms with Gasteiger partial charge in [0.05, 0.1) is 17.8 Å². The van der Waals surface area contributed by atoms with Gasteiger partial charge in [0, 0.05) is 0 Å². The van der Waals surface area contributed by atoms with Gasteiger partial charge < -0.3 is 15.2 Å². The molecule has 94 valence electrons. The number of anilines is 1. The number of halogens is 3. The van der Waals surface area contributed by atoms with Gasteiger partial charge in [-0.1, -0.05) is 12.1 Å². The molecule has 2 atom stereocenters. The van der Waals surface area contributed by atoms with Crippen LogP contribution in [0.2, 0.25) is 0 Å². The van der Waals surface area contributed by atoms with Crippen LogP contribution in [0.5, 0.6) is 5.75 Å². The van der Waals surface area contributed by atoms with Crippen molar-refractivity contribution in [3.8, 4) is 5.75 Å². The molecule has 0 bridgehead atoms. The normalized spacial score (nSPS) is 24.0. The summed E-state index contributed by atoms with van der Waals surface area (Å²) in [6, 6.07) is 5.60. The molecule has 0 spiro atoms. The summed E-state index contributed by atoms with van der Waals surface area (Å²) in [6.07, 6.45) is -3.81. The number of benzene rings is 1. The van der Waals surface area contributed by atoms with Crippen molar-refractivity contribution in [1.82, 2.24) is 0 Å². The first kappa shape index (κ1) is 12.0. The van der Waals surface area contributed by atoms with Crippen LogP contribution in [-0.2, 0) is 0 Å². The number of nitrogens with one attached hydrogen (secondary N) is 1. The molecule has 0 amide bonds. The summed E-state index contributed by atoms with van der Waals surface area (Å²) in [7, 11) is 0. The highest BCUT2D eigenvalue weighted by atomic mass is 19.4. The lowest BCUT2D eigenvalue weighted by Gasteiger charge is -2.34. The van der Waals surface area contributed by atoms with Gasteiger partial charge in [-0.3, -0.25) is 0 Å². The number of hydrogen-bond donors (Lipinski definition) is 2. The number of rotatable bonds is 3. The summed E-state index contributed by atoms with van der Waals surface area (Å²) >= 11 is 0. The van der Waals surface area contributed by atoms with Gasteiger partial charge in [-0.25, -0.2) is 0 Å². The van der Waals surface area contributed by atoms with E-state index in [9.17, 15) is 18.3 Å². The number of ether oxygens (including phenoxy) is 1. The van der Waals surface area contributed by atoms with Gasteiger partial charge in [-0.2, -0.15) is 0 Å². The molecule has 1 fully saturated rings. The maximum absolute atomic E-state index is 12.1. The first-order chi connectivity index (χ1) is 7.96. The fourth-order valence-corrected chi connectivity index (χ4v) is 1.65. The molecule has 6 heteroatoms. The Bertz CT molecular complexity index is 395. The fourth-order valence-electron chi connectivity index (χ4n) is 1.65. The van der Waals surface area contributed by atoms with Crippen molar-refractivity contribution in [2.24, 2.45) is 0 Å². The van der Waals surface area contributed by atoms with E-state index in [1.165, 1.54) is 18.2 Å². The molecule has 1 aliphatic carbocycles. The van der Waals surface area contributed by atoms with Crippen molar-refractivity contribution in [3.05, 3.63) is 24.3 Å². The summed E-state index contributed by atoms with van der Waals surface area (Å²) in [5.74, 6) is -0.279. The van der Waals surface area contributed by atoms with Crippen LogP contribution in [0.25, 0.3) is 0 Å². The van der Waals surface area contributed by atoms with Gasteiger partial charge in [0.15, 0.2) is 5.75 Å². The molecule has 2 rings (SSSR count). The molecular formula is C11H12F3NO2. The van der Waals surface area contributed by atoms with E-state index in [0.717, 1.165) is 6.42 Å². The second-order valence-corrected chi connectivity index (χ2v) is 3.94. The summed E-state index contributed by atoms with van der Waals surface area (Å²) in [4.78, 5) is 0. The second kappa shape index (κ2) is 4.44. The SMILES string of the molecule is O[C@H]1CC[C@@H]1Nc1ccccc1OC(F)(F)F. The second-order valence-electron chi connectivity index (χ2n) is 3.94. The summed E-state index contributed by atoms with van der Waals surface area (Å²) in [5.41, 5.74) is 0.244. The third-order valence-corrected chi connectivity index (χ3v) is 2.69. The maximum atomic E-state index is 12.1. The van der Waals surface area contributed by atoms with Crippen molar-refractivity contribution in [2.75, 3.05) is 5.32 Å². The number of para-hydroxylation sites is 2. The molecule has 3 nitrogen and oxygen atoms in total. The Morgan fingerprint density at radius 3 is 2.47 bits per heavy atom. The molecule has 0 saturated heterocycles. The first-order valence-corrected chi connectivity index (χ1v) is 5.25. The third kappa shape index (κ3) is 3.03. The Morgan fingerprint density at radius 1 is 1.24 bits per heavy atom. The van der Waals surface area contributed by atoms with E-state index >= 15 is 0 Å². The Balaban J connectivity index is 2.10. The number of aliphatic hydroxyl groups is 1. The minimum atomic E-state index is -4.71. The molecule has 0 heterocycles. The van der Waals surface area contributed by atoms with Gasteiger partial charge in [0.25, 0.3) is 0 Å². The maximum Gasteiger partial charge on any atom is 0.573 e. The van der Waals surface area contributed by atoms with E-state index in [1.54, 1.807) is 6.07 Å². The van der Waals surface area contributed by atoms with Crippen LogP contribution in [0.15, 0.2) is 24.3 Å². The van der Waals surface area contributed by atoms with Crippen molar-refractivity contribution in [3.63, 3.8) is 0 Å². The van der Waals surface area contributed by atoms with Crippen LogP contribution in [0.3, 0.4) is 0 Å². The van der Waals surface area contributed by atoms with Gasteiger partial charge in [0.2, 0.25) is 0 Å². The van der Waals surface area contributed by atoms with E-state index in [2.05, 4.69) is 10.1 Å². The topological polar surface area (TPSA) is 41.5 Å². The van der Waals surface area contributed by atoms with Crippen LogP contribution < -0.4 is 10.1 Å². The summed E-state index contributed by atoms with van der Waals surface area (Å²) in [5, 5.41) is 12.2. The van der Waals surface area contributed by atoms with Crippen LogP contribution in [-0.4, -0.2) is 23.6 Å². The van der Waals surface area contributed by atoms with Gasteiger partial charge >= 0.3 is 6.36 Å². The molecular weight excluding hydrogens is 235 g/mol.